The molecule has 0 saturated heterocycles. The minimum absolute atomic E-state index is 0.0323. The molecule has 2 N–H and O–H groups in total. The Kier molecular flexibility index (Phi) is 3.21. The van der Waals surface area contributed by atoms with E-state index in [1.54, 1.807) is 6.20 Å². The van der Waals surface area contributed by atoms with Crippen molar-refractivity contribution in [3.05, 3.63) is 29.8 Å². The van der Waals surface area contributed by atoms with Gasteiger partial charge in [-0.05, 0) is 23.5 Å². The average molecular weight is 196 g/mol. The Balaban J connectivity index is 2.94. The minimum atomic E-state index is -0.329. The molecule has 0 spiro atoms. The van der Waals surface area contributed by atoms with Gasteiger partial charge in [0.05, 0.1) is 6.20 Å². The molecule has 0 aliphatic rings. The van der Waals surface area contributed by atoms with Crippen LogP contribution in [0.3, 0.4) is 0 Å². The van der Waals surface area contributed by atoms with Gasteiger partial charge in [0, 0.05) is 12.2 Å². The van der Waals surface area contributed by atoms with Crippen LogP contribution in [-0.2, 0) is 0 Å². The summed E-state index contributed by atoms with van der Waals surface area (Å²) in [6, 6.07) is 1.28. The highest BCUT2D eigenvalue weighted by atomic mass is 19.1. The fraction of sp³-hybridized carbons (Fsp3) is 0.545. The minimum Gasteiger partial charge on any atom is -0.323 e. The van der Waals surface area contributed by atoms with Crippen LogP contribution in [0.2, 0.25) is 0 Å². The molecule has 1 heterocycles. The Bertz CT molecular complexity index is 310. The zero-order valence-electron chi connectivity index (χ0n) is 8.92. The third kappa shape index (κ3) is 2.29. The number of halogens is 1. The van der Waals surface area contributed by atoms with Crippen LogP contribution in [0.15, 0.2) is 18.5 Å². The quantitative estimate of drug-likeness (QED) is 0.807. The summed E-state index contributed by atoms with van der Waals surface area (Å²) in [5.41, 5.74) is 6.77. The largest absolute Gasteiger partial charge is 0.323 e. The highest BCUT2D eigenvalue weighted by Gasteiger charge is 2.26. The molecule has 1 aromatic heterocycles. The van der Waals surface area contributed by atoms with Gasteiger partial charge in [0.2, 0.25) is 0 Å². The fourth-order valence-corrected chi connectivity index (χ4v) is 1.27. The van der Waals surface area contributed by atoms with Gasteiger partial charge < -0.3 is 5.73 Å². The van der Waals surface area contributed by atoms with E-state index in [1.165, 1.54) is 12.3 Å². The van der Waals surface area contributed by atoms with E-state index >= 15 is 0 Å². The van der Waals surface area contributed by atoms with Crippen LogP contribution in [0.25, 0.3) is 0 Å². The normalized spacial score (nSPS) is 14.1. The summed E-state index contributed by atoms with van der Waals surface area (Å²) in [5, 5.41) is 0. The highest BCUT2D eigenvalue weighted by molar-refractivity contribution is 5.16. The lowest BCUT2D eigenvalue weighted by Crippen LogP contribution is -2.28. The van der Waals surface area contributed by atoms with Gasteiger partial charge in [-0.25, -0.2) is 4.39 Å². The summed E-state index contributed by atoms with van der Waals surface area (Å²) in [7, 11) is 0. The van der Waals surface area contributed by atoms with E-state index < -0.39 is 0 Å². The lowest BCUT2D eigenvalue weighted by Gasteiger charge is -2.30. The molecular formula is C11H17FN2. The first kappa shape index (κ1) is 11.1. The molecule has 1 aromatic rings. The molecule has 78 valence electrons. The first-order valence-corrected chi connectivity index (χ1v) is 4.83. The van der Waals surface area contributed by atoms with Crippen LogP contribution in [0, 0.1) is 11.2 Å². The van der Waals surface area contributed by atoms with Gasteiger partial charge in [-0.15, -0.1) is 0 Å². The number of nitrogens with two attached hydrogens (primary N) is 1. The smallest absolute Gasteiger partial charge is 0.141 e. The monoisotopic (exact) mass is 196 g/mol. The number of rotatable bonds is 3. The van der Waals surface area contributed by atoms with E-state index in [0.717, 1.165) is 12.0 Å². The van der Waals surface area contributed by atoms with Crippen molar-refractivity contribution in [2.45, 2.75) is 33.2 Å². The van der Waals surface area contributed by atoms with Gasteiger partial charge in [-0.3, -0.25) is 4.98 Å². The molecule has 1 atom stereocenters. The summed E-state index contributed by atoms with van der Waals surface area (Å²) in [5.74, 6) is -0.329. The Morgan fingerprint density at radius 2 is 2.14 bits per heavy atom. The number of hydrogen-bond acceptors (Lipinski definition) is 2. The van der Waals surface area contributed by atoms with E-state index in [1.807, 2.05) is 0 Å². The molecular weight excluding hydrogens is 179 g/mol. The molecule has 0 radical (unpaired) electrons. The maximum atomic E-state index is 12.9. The summed E-state index contributed by atoms with van der Waals surface area (Å²) >= 11 is 0. The van der Waals surface area contributed by atoms with Crippen LogP contribution in [0.5, 0.6) is 0 Å². The lowest BCUT2D eigenvalue weighted by molar-refractivity contribution is 0.277. The summed E-state index contributed by atoms with van der Waals surface area (Å²) in [6.45, 7) is 6.22. The maximum absolute atomic E-state index is 12.9. The molecule has 0 fully saturated rings. The summed E-state index contributed by atoms with van der Waals surface area (Å²) in [4.78, 5) is 3.80. The van der Waals surface area contributed by atoms with Gasteiger partial charge in [0.25, 0.3) is 0 Å². The summed E-state index contributed by atoms with van der Waals surface area (Å²) < 4.78 is 12.9. The fourth-order valence-electron chi connectivity index (χ4n) is 1.27. The van der Waals surface area contributed by atoms with Crippen LogP contribution < -0.4 is 5.73 Å². The SMILES string of the molecule is CCC(C)(C)C(N)c1cncc(F)c1. The highest BCUT2D eigenvalue weighted by Crippen LogP contribution is 2.33. The van der Waals surface area contributed by atoms with Crippen LogP contribution in [0.1, 0.15) is 38.8 Å². The van der Waals surface area contributed by atoms with Gasteiger partial charge in [0.15, 0.2) is 0 Å². The third-order valence-electron chi connectivity index (χ3n) is 2.84. The Hall–Kier alpha value is -0.960. The van der Waals surface area contributed by atoms with Crippen LogP contribution in [-0.4, -0.2) is 4.98 Å². The van der Waals surface area contributed by atoms with Crippen molar-refractivity contribution in [2.75, 3.05) is 0 Å². The van der Waals surface area contributed by atoms with Gasteiger partial charge in [0.1, 0.15) is 5.82 Å². The predicted molar refractivity (Wildman–Crippen MR) is 55.2 cm³/mol. The number of pyridine rings is 1. The van der Waals surface area contributed by atoms with Crippen molar-refractivity contribution < 1.29 is 4.39 Å². The molecule has 0 amide bonds. The average Bonchev–Trinajstić information content (AvgIpc) is 2.16. The first-order chi connectivity index (χ1) is 6.47. The van der Waals surface area contributed by atoms with E-state index in [4.69, 9.17) is 5.73 Å². The molecule has 14 heavy (non-hydrogen) atoms. The molecule has 0 aromatic carbocycles. The molecule has 0 aliphatic heterocycles. The maximum Gasteiger partial charge on any atom is 0.141 e. The zero-order valence-corrected chi connectivity index (χ0v) is 8.92. The second-order valence-electron chi connectivity index (χ2n) is 4.26. The number of nitrogens with zero attached hydrogens (tertiary/aromatic N) is 1. The Morgan fingerprint density at radius 1 is 1.50 bits per heavy atom. The van der Waals surface area contributed by atoms with Gasteiger partial charge >= 0.3 is 0 Å². The van der Waals surface area contributed by atoms with E-state index in [2.05, 4.69) is 25.8 Å². The van der Waals surface area contributed by atoms with Crippen LogP contribution >= 0.6 is 0 Å². The molecule has 3 heteroatoms. The van der Waals surface area contributed by atoms with Gasteiger partial charge in [-0.2, -0.15) is 0 Å². The Labute approximate surface area is 84.3 Å². The molecule has 2 nitrogen and oxygen atoms in total. The zero-order chi connectivity index (χ0) is 10.8. The van der Waals surface area contributed by atoms with Crippen LogP contribution in [0.4, 0.5) is 4.39 Å². The van der Waals surface area contributed by atoms with Crippen molar-refractivity contribution >= 4 is 0 Å². The van der Waals surface area contributed by atoms with E-state index in [9.17, 15) is 4.39 Å². The lowest BCUT2D eigenvalue weighted by atomic mass is 9.79. The van der Waals surface area contributed by atoms with Crippen molar-refractivity contribution in [2.24, 2.45) is 11.1 Å². The molecule has 0 aliphatic carbocycles. The predicted octanol–water partition coefficient (Wildman–Crippen LogP) is 2.66. The summed E-state index contributed by atoms with van der Waals surface area (Å²) in [6.07, 6.45) is 3.77. The molecule has 1 rings (SSSR count). The molecule has 1 unspecified atom stereocenters. The van der Waals surface area contributed by atoms with E-state index in [0.29, 0.717) is 0 Å². The van der Waals surface area contributed by atoms with Crippen molar-refractivity contribution in [1.82, 2.24) is 4.98 Å². The third-order valence-corrected chi connectivity index (χ3v) is 2.84. The second-order valence-corrected chi connectivity index (χ2v) is 4.26. The number of hydrogen-bond donors (Lipinski definition) is 1. The molecule has 0 bridgehead atoms. The van der Waals surface area contributed by atoms with E-state index in [-0.39, 0.29) is 17.3 Å². The Morgan fingerprint density at radius 3 is 2.64 bits per heavy atom. The molecule has 0 saturated carbocycles. The topological polar surface area (TPSA) is 38.9 Å². The van der Waals surface area contributed by atoms with Gasteiger partial charge in [-0.1, -0.05) is 20.8 Å². The first-order valence-electron chi connectivity index (χ1n) is 4.83. The van der Waals surface area contributed by atoms with Crippen molar-refractivity contribution in [3.63, 3.8) is 0 Å². The second kappa shape index (κ2) is 4.05. The number of aromatic nitrogens is 1. The standard InChI is InChI=1S/C11H17FN2/c1-4-11(2,3)10(13)8-5-9(12)7-14-6-8/h5-7,10H,4,13H2,1-3H3. The van der Waals surface area contributed by atoms with Crippen molar-refractivity contribution in [3.8, 4) is 0 Å². The van der Waals surface area contributed by atoms with Crippen molar-refractivity contribution in [1.29, 1.82) is 0 Å².